The number of rotatable bonds is 10. The maximum absolute atomic E-state index is 13.0. The third-order valence-corrected chi connectivity index (χ3v) is 8.11. The normalized spacial score (nSPS) is 15.8. The minimum atomic E-state index is -3.62. The van der Waals surface area contributed by atoms with Crippen molar-refractivity contribution < 1.29 is 17.9 Å². The van der Waals surface area contributed by atoms with Crippen molar-refractivity contribution in [2.75, 3.05) is 39.8 Å². The predicted molar refractivity (Wildman–Crippen MR) is 124 cm³/mol. The van der Waals surface area contributed by atoms with Gasteiger partial charge in [-0.25, -0.2) is 8.42 Å². The van der Waals surface area contributed by atoms with Crippen molar-refractivity contribution in [2.24, 2.45) is 7.05 Å². The number of aryl methyl sites for hydroxylation is 1. The highest BCUT2D eigenvalue weighted by molar-refractivity contribution is 7.89. The lowest BCUT2D eigenvalue weighted by molar-refractivity contribution is 0.0929. The van der Waals surface area contributed by atoms with Crippen LogP contribution in [-0.2, 0) is 17.1 Å². The number of methoxy groups -OCH3 is 1. The average Bonchev–Trinajstić information content (AvgIpc) is 3.45. The number of aromatic nitrogens is 1. The highest BCUT2D eigenvalue weighted by atomic mass is 32.2. The lowest BCUT2D eigenvalue weighted by Gasteiger charge is -2.28. The van der Waals surface area contributed by atoms with Crippen LogP contribution in [0.4, 0.5) is 0 Å². The van der Waals surface area contributed by atoms with Crippen LogP contribution in [0.25, 0.3) is 0 Å². The Balaban J connectivity index is 1.77. The summed E-state index contributed by atoms with van der Waals surface area (Å²) in [7, 11) is -0.285. The Morgan fingerprint density at radius 2 is 1.78 bits per heavy atom. The molecule has 8 nitrogen and oxygen atoms in total. The van der Waals surface area contributed by atoms with Gasteiger partial charge in [0.15, 0.2) is 0 Å². The molecular weight excluding hydrogens is 428 g/mol. The molecule has 1 aliphatic heterocycles. The first kappa shape index (κ1) is 24.3. The summed E-state index contributed by atoms with van der Waals surface area (Å²) in [6.45, 7) is 6.79. The molecule has 1 amide bonds. The summed E-state index contributed by atoms with van der Waals surface area (Å²) in [4.78, 5) is 15.5. The second kappa shape index (κ2) is 10.5. The first-order chi connectivity index (χ1) is 15.3. The molecular formula is C23H34N4O4S. The zero-order valence-electron chi connectivity index (χ0n) is 19.4. The van der Waals surface area contributed by atoms with Crippen LogP contribution >= 0.6 is 0 Å². The van der Waals surface area contributed by atoms with E-state index in [1.807, 2.05) is 24.3 Å². The van der Waals surface area contributed by atoms with Crippen LogP contribution < -0.4 is 10.1 Å². The number of carbonyl (C=O) groups excluding carboxylic acids is 1. The predicted octanol–water partition coefficient (Wildman–Crippen LogP) is 2.63. The molecule has 3 rings (SSSR count). The Kier molecular flexibility index (Phi) is 7.97. The van der Waals surface area contributed by atoms with Crippen molar-refractivity contribution in [3.63, 3.8) is 0 Å². The fraction of sp³-hybridized carbons (Fsp3) is 0.522. The molecule has 9 heteroatoms. The largest absolute Gasteiger partial charge is 0.497 e. The number of hydrogen-bond donors (Lipinski definition) is 1. The van der Waals surface area contributed by atoms with E-state index in [2.05, 4.69) is 10.2 Å². The quantitative estimate of drug-likeness (QED) is 0.587. The number of ether oxygens (including phenoxy) is 1. The van der Waals surface area contributed by atoms with Gasteiger partial charge in [-0.2, -0.15) is 4.31 Å². The number of sulfonamides is 1. The van der Waals surface area contributed by atoms with Crippen LogP contribution in [0.1, 0.15) is 48.8 Å². The first-order valence-corrected chi connectivity index (χ1v) is 12.6. The van der Waals surface area contributed by atoms with Crippen LogP contribution in [-0.4, -0.2) is 67.9 Å². The first-order valence-electron chi connectivity index (χ1n) is 11.1. The standard InChI is InChI=1S/C23H34N4O4S/c1-5-27(6-2)32(29,30)20-15-21(25(3)17-20)23(28)24-16-22(26-13-7-8-14-26)18-9-11-19(31-4)12-10-18/h9-12,15,17,22H,5-8,13-14,16H2,1-4H3,(H,24,28). The maximum atomic E-state index is 13.0. The van der Waals surface area contributed by atoms with Gasteiger partial charge < -0.3 is 14.6 Å². The molecule has 176 valence electrons. The summed E-state index contributed by atoms with van der Waals surface area (Å²) in [5.74, 6) is 0.509. The fourth-order valence-corrected chi connectivity index (χ4v) is 5.76. The van der Waals surface area contributed by atoms with Gasteiger partial charge in [0.1, 0.15) is 16.3 Å². The van der Waals surface area contributed by atoms with Gasteiger partial charge in [0.25, 0.3) is 5.91 Å². The Labute approximate surface area is 191 Å². The molecule has 2 heterocycles. The summed E-state index contributed by atoms with van der Waals surface area (Å²) in [5.41, 5.74) is 1.44. The molecule has 1 fully saturated rings. The van der Waals surface area contributed by atoms with E-state index in [4.69, 9.17) is 4.74 Å². The summed E-state index contributed by atoms with van der Waals surface area (Å²) in [6.07, 6.45) is 3.79. The monoisotopic (exact) mass is 462 g/mol. The number of nitrogens with zero attached hydrogens (tertiary/aromatic N) is 3. The van der Waals surface area contributed by atoms with Crippen molar-refractivity contribution in [3.8, 4) is 5.75 Å². The van der Waals surface area contributed by atoms with Crippen LogP contribution in [0.2, 0.25) is 0 Å². The van der Waals surface area contributed by atoms with Gasteiger partial charge in [0.2, 0.25) is 10.0 Å². The molecule has 0 bridgehead atoms. The highest BCUT2D eigenvalue weighted by Gasteiger charge is 2.27. The Hall–Kier alpha value is -2.36. The molecule has 1 unspecified atom stereocenters. The number of benzene rings is 1. The van der Waals surface area contributed by atoms with E-state index in [9.17, 15) is 13.2 Å². The Morgan fingerprint density at radius 1 is 1.16 bits per heavy atom. The van der Waals surface area contributed by atoms with Crippen molar-refractivity contribution in [3.05, 3.63) is 47.8 Å². The molecule has 0 saturated carbocycles. The number of nitrogens with one attached hydrogen (secondary N) is 1. The van der Waals surface area contributed by atoms with E-state index in [0.29, 0.717) is 25.3 Å². The Bertz CT molecular complexity index is 1010. The van der Waals surface area contributed by atoms with Crippen molar-refractivity contribution in [2.45, 2.75) is 37.6 Å². The van der Waals surface area contributed by atoms with Gasteiger partial charge in [-0.1, -0.05) is 26.0 Å². The minimum Gasteiger partial charge on any atom is -0.497 e. The third-order valence-electron chi connectivity index (χ3n) is 6.09. The molecule has 1 aromatic heterocycles. The molecule has 0 aliphatic carbocycles. The molecule has 2 aromatic rings. The van der Waals surface area contributed by atoms with Gasteiger partial charge in [-0.3, -0.25) is 9.69 Å². The van der Waals surface area contributed by atoms with Crippen LogP contribution in [0, 0.1) is 0 Å². The topological polar surface area (TPSA) is 83.9 Å². The van der Waals surface area contributed by atoms with Crippen molar-refractivity contribution >= 4 is 15.9 Å². The van der Waals surface area contributed by atoms with E-state index in [0.717, 1.165) is 37.2 Å². The zero-order valence-corrected chi connectivity index (χ0v) is 20.2. The van der Waals surface area contributed by atoms with Gasteiger partial charge >= 0.3 is 0 Å². The smallest absolute Gasteiger partial charge is 0.268 e. The summed E-state index contributed by atoms with van der Waals surface area (Å²) < 4.78 is 33.9. The number of carbonyl (C=O) groups is 1. The van der Waals surface area contributed by atoms with E-state index in [-0.39, 0.29) is 16.8 Å². The van der Waals surface area contributed by atoms with Crippen LogP contribution in [0.5, 0.6) is 5.75 Å². The number of hydrogen-bond acceptors (Lipinski definition) is 5. The van der Waals surface area contributed by atoms with Crippen molar-refractivity contribution in [1.29, 1.82) is 0 Å². The highest BCUT2D eigenvalue weighted by Crippen LogP contribution is 2.26. The number of likely N-dealkylation sites (tertiary alicyclic amines) is 1. The zero-order chi connectivity index (χ0) is 23.3. The molecule has 1 saturated heterocycles. The van der Waals surface area contributed by atoms with Crippen LogP contribution in [0.3, 0.4) is 0 Å². The fourth-order valence-electron chi connectivity index (χ4n) is 4.23. The molecule has 1 aliphatic rings. The van der Waals surface area contributed by atoms with E-state index in [1.54, 1.807) is 32.6 Å². The molecule has 32 heavy (non-hydrogen) atoms. The minimum absolute atomic E-state index is 0.0477. The summed E-state index contributed by atoms with van der Waals surface area (Å²) in [5, 5.41) is 3.02. The molecule has 0 radical (unpaired) electrons. The van der Waals surface area contributed by atoms with Gasteiger partial charge in [0.05, 0.1) is 13.2 Å². The van der Waals surface area contributed by atoms with E-state index >= 15 is 0 Å². The molecule has 0 spiro atoms. The third kappa shape index (κ3) is 5.16. The van der Waals surface area contributed by atoms with Gasteiger partial charge in [-0.15, -0.1) is 0 Å². The second-order valence-corrected chi connectivity index (χ2v) is 9.94. The van der Waals surface area contributed by atoms with E-state index in [1.165, 1.54) is 16.6 Å². The van der Waals surface area contributed by atoms with Gasteiger partial charge in [-0.05, 0) is 49.7 Å². The van der Waals surface area contributed by atoms with Crippen LogP contribution in [0.15, 0.2) is 41.4 Å². The second-order valence-electron chi connectivity index (χ2n) is 8.00. The summed E-state index contributed by atoms with van der Waals surface area (Å²) in [6, 6.07) is 9.44. The van der Waals surface area contributed by atoms with Crippen molar-refractivity contribution in [1.82, 2.24) is 19.1 Å². The average molecular weight is 463 g/mol. The molecule has 1 aromatic carbocycles. The summed E-state index contributed by atoms with van der Waals surface area (Å²) >= 11 is 0. The lowest BCUT2D eigenvalue weighted by atomic mass is 10.1. The molecule has 1 N–H and O–H groups in total. The lowest BCUT2D eigenvalue weighted by Crippen LogP contribution is -2.37. The maximum Gasteiger partial charge on any atom is 0.268 e. The van der Waals surface area contributed by atoms with E-state index < -0.39 is 10.0 Å². The molecule has 1 atom stereocenters. The number of amides is 1. The van der Waals surface area contributed by atoms with Gasteiger partial charge in [0, 0.05) is 32.9 Å². The Morgan fingerprint density at radius 3 is 2.34 bits per heavy atom. The SMILES string of the molecule is CCN(CC)S(=O)(=O)c1cc(C(=O)NCC(c2ccc(OC)cc2)N2CCCC2)n(C)c1.